The van der Waals surface area contributed by atoms with Gasteiger partial charge in [-0.1, -0.05) is 47.6 Å². The van der Waals surface area contributed by atoms with Gasteiger partial charge in [-0.05, 0) is 49.4 Å². The molecule has 0 amide bonds. The predicted molar refractivity (Wildman–Crippen MR) is 94.9 cm³/mol. The molecule has 1 unspecified atom stereocenters. The van der Waals surface area contributed by atoms with Crippen LogP contribution in [0, 0.1) is 0 Å². The Morgan fingerprint density at radius 3 is 2.36 bits per heavy atom. The number of nitrogens with zero attached hydrogens (tertiary/aromatic N) is 2. The molecule has 0 saturated heterocycles. The van der Waals surface area contributed by atoms with E-state index in [0.717, 1.165) is 30.6 Å². The molecule has 0 spiro atoms. The summed E-state index contributed by atoms with van der Waals surface area (Å²) in [5.41, 5.74) is 8.15. The van der Waals surface area contributed by atoms with Gasteiger partial charge in [-0.15, -0.1) is 0 Å². The Balaban J connectivity index is 1.45. The lowest BCUT2D eigenvalue weighted by molar-refractivity contribution is 0.174. The van der Waals surface area contributed by atoms with Crippen molar-refractivity contribution < 1.29 is 9.26 Å². The minimum absolute atomic E-state index is 0.326. The lowest BCUT2D eigenvalue weighted by atomic mass is 9.77. The molecule has 25 heavy (non-hydrogen) atoms. The van der Waals surface area contributed by atoms with Crippen LogP contribution in [0.5, 0.6) is 5.75 Å². The van der Waals surface area contributed by atoms with Gasteiger partial charge in [0, 0.05) is 0 Å². The zero-order chi connectivity index (χ0) is 17.3. The van der Waals surface area contributed by atoms with Crippen molar-refractivity contribution in [3.05, 3.63) is 66.3 Å². The standard InChI is InChI=1S/C20H21N3O2/c1-14(18-22-19(23-25-18)20(21)12-5-13-20)24-17-10-8-16(9-11-17)15-6-3-2-4-7-15/h2-4,6-11,14H,5,12-13,21H2,1H3. The number of nitrogens with two attached hydrogens (primary N) is 1. The summed E-state index contributed by atoms with van der Waals surface area (Å²) < 4.78 is 11.3. The van der Waals surface area contributed by atoms with Crippen molar-refractivity contribution in [2.75, 3.05) is 0 Å². The second-order valence-electron chi connectivity index (χ2n) is 6.62. The average molecular weight is 335 g/mol. The van der Waals surface area contributed by atoms with Crippen molar-refractivity contribution in [1.29, 1.82) is 0 Å². The van der Waals surface area contributed by atoms with E-state index in [2.05, 4.69) is 22.3 Å². The molecule has 1 atom stereocenters. The number of hydrogen-bond donors (Lipinski definition) is 1. The highest BCUT2D eigenvalue weighted by Crippen LogP contribution is 2.37. The summed E-state index contributed by atoms with van der Waals surface area (Å²) in [6.45, 7) is 1.90. The van der Waals surface area contributed by atoms with Gasteiger partial charge in [0.2, 0.25) is 0 Å². The van der Waals surface area contributed by atoms with Crippen LogP contribution in [-0.2, 0) is 5.54 Å². The van der Waals surface area contributed by atoms with E-state index in [1.165, 1.54) is 5.56 Å². The van der Waals surface area contributed by atoms with Crippen LogP contribution in [-0.4, -0.2) is 10.1 Å². The third-order valence-corrected chi connectivity index (χ3v) is 4.75. The summed E-state index contributed by atoms with van der Waals surface area (Å²) in [6.07, 6.45) is 2.59. The number of ether oxygens (including phenoxy) is 1. The Morgan fingerprint density at radius 2 is 1.72 bits per heavy atom. The second-order valence-corrected chi connectivity index (χ2v) is 6.62. The van der Waals surface area contributed by atoms with Gasteiger partial charge < -0.3 is 15.0 Å². The SMILES string of the molecule is CC(Oc1ccc(-c2ccccc2)cc1)c1nc(C2(N)CCC2)no1. The Labute approximate surface area is 146 Å². The van der Waals surface area contributed by atoms with Gasteiger partial charge in [0.05, 0.1) is 5.54 Å². The quantitative estimate of drug-likeness (QED) is 0.756. The van der Waals surface area contributed by atoms with Crippen molar-refractivity contribution in [3.8, 4) is 16.9 Å². The van der Waals surface area contributed by atoms with E-state index in [9.17, 15) is 0 Å². The molecule has 4 rings (SSSR count). The Bertz CT molecular complexity index is 839. The van der Waals surface area contributed by atoms with Crippen LogP contribution in [0.1, 0.15) is 44.0 Å². The highest BCUT2D eigenvalue weighted by molar-refractivity contribution is 5.63. The Kier molecular flexibility index (Phi) is 4.01. The Hall–Kier alpha value is -2.66. The van der Waals surface area contributed by atoms with Crippen molar-refractivity contribution >= 4 is 0 Å². The molecule has 3 aromatic rings. The van der Waals surface area contributed by atoms with E-state index in [0.29, 0.717) is 11.7 Å². The van der Waals surface area contributed by atoms with Gasteiger partial charge in [0.15, 0.2) is 11.9 Å². The van der Waals surface area contributed by atoms with Crippen LogP contribution < -0.4 is 10.5 Å². The van der Waals surface area contributed by atoms with Gasteiger partial charge in [-0.25, -0.2) is 0 Å². The summed E-state index contributed by atoms with van der Waals surface area (Å²) in [5.74, 6) is 1.81. The largest absolute Gasteiger partial charge is 0.481 e. The molecule has 0 radical (unpaired) electrons. The van der Waals surface area contributed by atoms with Gasteiger partial charge in [0.25, 0.3) is 5.89 Å². The fraction of sp³-hybridized carbons (Fsp3) is 0.300. The average Bonchev–Trinajstić information content (AvgIpc) is 3.12. The number of aromatic nitrogens is 2. The van der Waals surface area contributed by atoms with Crippen molar-refractivity contribution in [3.63, 3.8) is 0 Å². The van der Waals surface area contributed by atoms with E-state index >= 15 is 0 Å². The molecule has 1 aliphatic carbocycles. The maximum atomic E-state index is 6.24. The van der Waals surface area contributed by atoms with E-state index in [4.69, 9.17) is 15.0 Å². The van der Waals surface area contributed by atoms with Crippen molar-refractivity contribution in [2.45, 2.75) is 37.8 Å². The van der Waals surface area contributed by atoms with Crippen LogP contribution in [0.15, 0.2) is 59.1 Å². The van der Waals surface area contributed by atoms with Crippen LogP contribution in [0.3, 0.4) is 0 Å². The highest BCUT2D eigenvalue weighted by atomic mass is 16.5. The topological polar surface area (TPSA) is 74.2 Å². The van der Waals surface area contributed by atoms with Crippen LogP contribution in [0.4, 0.5) is 0 Å². The summed E-state index contributed by atoms with van der Waals surface area (Å²) in [5, 5.41) is 4.04. The Morgan fingerprint density at radius 1 is 1.04 bits per heavy atom. The third kappa shape index (κ3) is 3.15. The fourth-order valence-corrected chi connectivity index (χ4v) is 2.99. The predicted octanol–water partition coefficient (Wildman–Crippen LogP) is 4.21. The van der Waals surface area contributed by atoms with Crippen molar-refractivity contribution in [1.82, 2.24) is 10.1 Å². The maximum absolute atomic E-state index is 6.24. The van der Waals surface area contributed by atoms with Crippen molar-refractivity contribution in [2.24, 2.45) is 5.73 Å². The molecule has 5 nitrogen and oxygen atoms in total. The molecular weight excluding hydrogens is 314 g/mol. The van der Waals surface area contributed by atoms with Crippen LogP contribution in [0.2, 0.25) is 0 Å². The first kappa shape index (κ1) is 15.8. The summed E-state index contributed by atoms with van der Waals surface area (Å²) in [7, 11) is 0. The smallest absolute Gasteiger partial charge is 0.267 e. The first-order valence-corrected chi connectivity index (χ1v) is 8.59. The summed E-state index contributed by atoms with van der Waals surface area (Å²) >= 11 is 0. The normalized spacial score (nSPS) is 16.9. The maximum Gasteiger partial charge on any atom is 0.267 e. The lowest BCUT2D eigenvalue weighted by Crippen LogP contribution is -2.44. The zero-order valence-electron chi connectivity index (χ0n) is 14.2. The molecular formula is C20H21N3O2. The van der Waals surface area contributed by atoms with E-state index in [1.54, 1.807) is 0 Å². The van der Waals surface area contributed by atoms with E-state index in [-0.39, 0.29) is 6.10 Å². The number of hydrogen-bond acceptors (Lipinski definition) is 5. The zero-order valence-corrected chi connectivity index (χ0v) is 14.2. The molecule has 1 saturated carbocycles. The molecule has 0 bridgehead atoms. The molecule has 0 aliphatic heterocycles. The number of benzene rings is 2. The minimum Gasteiger partial charge on any atom is -0.481 e. The highest BCUT2D eigenvalue weighted by Gasteiger charge is 2.39. The second kappa shape index (κ2) is 6.33. The molecule has 1 aromatic heterocycles. The first-order chi connectivity index (χ1) is 12.1. The van der Waals surface area contributed by atoms with Crippen LogP contribution in [0.25, 0.3) is 11.1 Å². The van der Waals surface area contributed by atoms with Gasteiger partial charge in [-0.2, -0.15) is 4.98 Å². The van der Waals surface area contributed by atoms with Gasteiger partial charge in [0.1, 0.15) is 5.75 Å². The molecule has 1 heterocycles. The molecule has 128 valence electrons. The van der Waals surface area contributed by atoms with Gasteiger partial charge >= 0.3 is 0 Å². The summed E-state index contributed by atoms with van der Waals surface area (Å²) in [6, 6.07) is 18.2. The lowest BCUT2D eigenvalue weighted by Gasteiger charge is -2.34. The molecule has 1 fully saturated rings. The first-order valence-electron chi connectivity index (χ1n) is 8.59. The van der Waals surface area contributed by atoms with E-state index < -0.39 is 5.54 Å². The third-order valence-electron chi connectivity index (χ3n) is 4.75. The fourth-order valence-electron chi connectivity index (χ4n) is 2.99. The summed E-state index contributed by atoms with van der Waals surface area (Å²) in [4.78, 5) is 4.44. The van der Waals surface area contributed by atoms with Crippen LogP contribution >= 0.6 is 0 Å². The monoisotopic (exact) mass is 335 g/mol. The molecule has 5 heteroatoms. The molecule has 1 aliphatic rings. The molecule has 2 aromatic carbocycles. The van der Waals surface area contributed by atoms with E-state index in [1.807, 2.05) is 49.4 Å². The number of rotatable bonds is 5. The molecule has 2 N–H and O–H groups in total. The minimum atomic E-state index is -0.418. The van der Waals surface area contributed by atoms with Gasteiger partial charge in [-0.3, -0.25) is 0 Å².